The van der Waals surface area contributed by atoms with Crippen molar-refractivity contribution in [2.45, 2.75) is 13.5 Å². The van der Waals surface area contributed by atoms with Crippen molar-refractivity contribution in [2.75, 3.05) is 26.9 Å². The summed E-state index contributed by atoms with van der Waals surface area (Å²) in [5, 5.41) is 6.45. The molecule has 0 saturated carbocycles. The van der Waals surface area contributed by atoms with Crippen LogP contribution in [0.15, 0.2) is 29.6 Å². The third-order valence-electron chi connectivity index (χ3n) is 2.77. The zero-order valence-corrected chi connectivity index (χ0v) is 12.7. The largest absolute Gasteiger partial charge is 0.493 e. The summed E-state index contributed by atoms with van der Waals surface area (Å²) in [4.78, 5) is 4.66. The SMILES string of the molecule is CCOc1ccccc1-c1csc(CNCCOC)n1. The van der Waals surface area contributed by atoms with Gasteiger partial charge in [0.2, 0.25) is 0 Å². The molecule has 2 rings (SSSR count). The molecule has 0 unspecified atom stereocenters. The maximum absolute atomic E-state index is 5.65. The molecule has 0 aliphatic rings. The Balaban J connectivity index is 2.04. The van der Waals surface area contributed by atoms with E-state index in [0.717, 1.165) is 35.1 Å². The summed E-state index contributed by atoms with van der Waals surface area (Å²) in [6.45, 7) is 4.97. The fraction of sp³-hybridized carbons (Fsp3) is 0.400. The number of aromatic nitrogens is 1. The second-order valence-corrected chi connectivity index (χ2v) is 5.17. The van der Waals surface area contributed by atoms with Gasteiger partial charge < -0.3 is 14.8 Å². The lowest BCUT2D eigenvalue weighted by Gasteiger charge is -2.07. The van der Waals surface area contributed by atoms with E-state index in [-0.39, 0.29) is 0 Å². The topological polar surface area (TPSA) is 43.4 Å². The molecule has 0 spiro atoms. The van der Waals surface area contributed by atoms with Crippen LogP contribution < -0.4 is 10.1 Å². The van der Waals surface area contributed by atoms with Gasteiger partial charge in [0.15, 0.2) is 0 Å². The molecule has 0 amide bonds. The van der Waals surface area contributed by atoms with E-state index < -0.39 is 0 Å². The Bertz CT molecular complexity index is 528. The third-order valence-corrected chi connectivity index (χ3v) is 3.62. The molecular weight excluding hydrogens is 272 g/mol. The number of thiazole rings is 1. The fourth-order valence-corrected chi connectivity index (χ4v) is 2.61. The highest BCUT2D eigenvalue weighted by molar-refractivity contribution is 7.09. The van der Waals surface area contributed by atoms with Crippen LogP contribution >= 0.6 is 11.3 Å². The Morgan fingerprint density at radius 3 is 2.95 bits per heavy atom. The highest BCUT2D eigenvalue weighted by Crippen LogP contribution is 2.30. The minimum atomic E-state index is 0.659. The van der Waals surface area contributed by atoms with E-state index in [2.05, 4.69) is 15.7 Å². The van der Waals surface area contributed by atoms with Gasteiger partial charge >= 0.3 is 0 Å². The smallest absolute Gasteiger partial charge is 0.128 e. The first-order chi connectivity index (χ1) is 9.85. The Hall–Kier alpha value is -1.43. The van der Waals surface area contributed by atoms with Gasteiger partial charge in [0.25, 0.3) is 0 Å². The van der Waals surface area contributed by atoms with Crippen LogP contribution in [0.2, 0.25) is 0 Å². The molecule has 1 N–H and O–H groups in total. The Labute approximate surface area is 123 Å². The molecule has 5 heteroatoms. The first-order valence-corrected chi connectivity index (χ1v) is 7.59. The zero-order chi connectivity index (χ0) is 14.2. The van der Waals surface area contributed by atoms with E-state index in [0.29, 0.717) is 13.2 Å². The Kier molecular flexibility index (Phi) is 5.98. The quantitative estimate of drug-likeness (QED) is 0.760. The first kappa shape index (κ1) is 15.0. The molecule has 108 valence electrons. The number of hydrogen-bond donors (Lipinski definition) is 1. The minimum absolute atomic E-state index is 0.659. The van der Waals surface area contributed by atoms with Crippen LogP contribution in [0.3, 0.4) is 0 Å². The van der Waals surface area contributed by atoms with Crippen molar-refractivity contribution in [2.24, 2.45) is 0 Å². The standard InChI is InChI=1S/C15H20N2O2S/c1-3-19-14-7-5-4-6-12(14)13-11-20-15(17-13)10-16-8-9-18-2/h4-7,11,16H,3,8-10H2,1-2H3. The lowest BCUT2D eigenvalue weighted by molar-refractivity contribution is 0.199. The summed E-state index contributed by atoms with van der Waals surface area (Å²) in [6.07, 6.45) is 0. The predicted molar refractivity (Wildman–Crippen MR) is 82.3 cm³/mol. The lowest BCUT2D eigenvalue weighted by Crippen LogP contribution is -2.18. The minimum Gasteiger partial charge on any atom is -0.493 e. The van der Waals surface area contributed by atoms with Crippen molar-refractivity contribution in [1.29, 1.82) is 0 Å². The molecule has 1 aromatic carbocycles. The van der Waals surface area contributed by atoms with Crippen LogP contribution in [-0.2, 0) is 11.3 Å². The summed E-state index contributed by atoms with van der Waals surface area (Å²) >= 11 is 1.66. The van der Waals surface area contributed by atoms with Gasteiger partial charge in [-0.2, -0.15) is 0 Å². The summed E-state index contributed by atoms with van der Waals surface area (Å²) in [5.41, 5.74) is 2.02. The monoisotopic (exact) mass is 292 g/mol. The zero-order valence-electron chi connectivity index (χ0n) is 11.9. The molecule has 4 nitrogen and oxygen atoms in total. The number of para-hydroxylation sites is 1. The fourth-order valence-electron chi connectivity index (χ4n) is 1.84. The van der Waals surface area contributed by atoms with Gasteiger partial charge in [-0.25, -0.2) is 4.98 Å². The molecule has 0 fully saturated rings. The number of nitrogens with zero attached hydrogens (tertiary/aromatic N) is 1. The number of ether oxygens (including phenoxy) is 2. The van der Waals surface area contributed by atoms with E-state index >= 15 is 0 Å². The van der Waals surface area contributed by atoms with Crippen molar-refractivity contribution < 1.29 is 9.47 Å². The average Bonchev–Trinajstić information content (AvgIpc) is 2.93. The summed E-state index contributed by atoms with van der Waals surface area (Å²) in [6, 6.07) is 8.01. The van der Waals surface area contributed by atoms with Gasteiger partial charge in [0.05, 0.1) is 18.9 Å². The molecule has 2 aromatic rings. The molecule has 20 heavy (non-hydrogen) atoms. The molecule has 0 radical (unpaired) electrons. The van der Waals surface area contributed by atoms with Gasteiger partial charge in [0.1, 0.15) is 10.8 Å². The first-order valence-electron chi connectivity index (χ1n) is 6.71. The van der Waals surface area contributed by atoms with Crippen LogP contribution in [0.5, 0.6) is 5.75 Å². The van der Waals surface area contributed by atoms with Gasteiger partial charge in [0, 0.05) is 31.1 Å². The maximum atomic E-state index is 5.65. The van der Waals surface area contributed by atoms with Crippen LogP contribution in [0.4, 0.5) is 0 Å². The van der Waals surface area contributed by atoms with Crippen molar-refractivity contribution in [3.8, 4) is 17.0 Å². The predicted octanol–water partition coefficient (Wildman–Crippen LogP) is 2.94. The normalized spacial score (nSPS) is 10.7. The van der Waals surface area contributed by atoms with E-state index in [9.17, 15) is 0 Å². The molecular formula is C15H20N2O2S. The Morgan fingerprint density at radius 1 is 1.30 bits per heavy atom. The van der Waals surface area contributed by atoms with Gasteiger partial charge in [-0.3, -0.25) is 0 Å². The van der Waals surface area contributed by atoms with Crippen molar-refractivity contribution in [3.05, 3.63) is 34.7 Å². The number of benzene rings is 1. The molecule has 0 bridgehead atoms. The highest BCUT2D eigenvalue weighted by Gasteiger charge is 2.09. The number of hydrogen-bond acceptors (Lipinski definition) is 5. The van der Waals surface area contributed by atoms with E-state index in [4.69, 9.17) is 9.47 Å². The van der Waals surface area contributed by atoms with Crippen LogP contribution in [0.25, 0.3) is 11.3 Å². The van der Waals surface area contributed by atoms with Crippen LogP contribution in [0.1, 0.15) is 11.9 Å². The van der Waals surface area contributed by atoms with Gasteiger partial charge in [-0.15, -0.1) is 11.3 Å². The molecule has 0 atom stereocenters. The number of methoxy groups -OCH3 is 1. The van der Waals surface area contributed by atoms with Crippen molar-refractivity contribution in [1.82, 2.24) is 10.3 Å². The molecule has 1 heterocycles. The summed E-state index contributed by atoms with van der Waals surface area (Å²) in [7, 11) is 1.70. The van der Waals surface area contributed by atoms with E-state index in [1.807, 2.05) is 31.2 Å². The maximum Gasteiger partial charge on any atom is 0.128 e. The van der Waals surface area contributed by atoms with E-state index in [1.165, 1.54) is 0 Å². The van der Waals surface area contributed by atoms with Crippen molar-refractivity contribution in [3.63, 3.8) is 0 Å². The van der Waals surface area contributed by atoms with Crippen LogP contribution in [-0.4, -0.2) is 31.9 Å². The number of rotatable bonds is 8. The lowest BCUT2D eigenvalue weighted by atomic mass is 10.1. The van der Waals surface area contributed by atoms with E-state index in [1.54, 1.807) is 18.4 Å². The average molecular weight is 292 g/mol. The molecule has 0 aliphatic heterocycles. The Morgan fingerprint density at radius 2 is 2.15 bits per heavy atom. The molecule has 0 saturated heterocycles. The third kappa shape index (κ3) is 4.03. The number of nitrogens with one attached hydrogen (secondary N) is 1. The molecule has 0 aliphatic carbocycles. The van der Waals surface area contributed by atoms with Gasteiger partial charge in [-0.1, -0.05) is 12.1 Å². The van der Waals surface area contributed by atoms with Crippen LogP contribution in [0, 0.1) is 0 Å². The second-order valence-electron chi connectivity index (χ2n) is 4.23. The highest BCUT2D eigenvalue weighted by atomic mass is 32.1. The van der Waals surface area contributed by atoms with Crippen molar-refractivity contribution >= 4 is 11.3 Å². The van der Waals surface area contributed by atoms with Gasteiger partial charge in [-0.05, 0) is 19.1 Å². The summed E-state index contributed by atoms with van der Waals surface area (Å²) < 4.78 is 10.6. The summed E-state index contributed by atoms with van der Waals surface area (Å²) in [5.74, 6) is 0.888. The second kappa shape index (κ2) is 7.99. The molecule has 1 aromatic heterocycles.